The van der Waals surface area contributed by atoms with Gasteiger partial charge in [0.2, 0.25) is 0 Å². The van der Waals surface area contributed by atoms with E-state index < -0.39 is 0 Å². The molecule has 1 aromatic heterocycles. The van der Waals surface area contributed by atoms with Gasteiger partial charge in [0.1, 0.15) is 0 Å². The zero-order valence-electron chi connectivity index (χ0n) is 10.5. The number of halogens is 1. The molecule has 0 fully saturated rings. The van der Waals surface area contributed by atoms with E-state index in [0.717, 1.165) is 16.6 Å². The maximum absolute atomic E-state index is 5.90. The summed E-state index contributed by atoms with van der Waals surface area (Å²) in [6.45, 7) is 0. The number of rotatable bonds is 3. The number of nitrogens with zero attached hydrogens (tertiary/aromatic N) is 3. The van der Waals surface area contributed by atoms with Gasteiger partial charge in [-0.05, 0) is 29.8 Å². The summed E-state index contributed by atoms with van der Waals surface area (Å²) in [4.78, 5) is 8.71. The van der Waals surface area contributed by atoms with E-state index in [1.807, 2.05) is 48.5 Å². The highest BCUT2D eigenvalue weighted by Gasteiger charge is 1.97. The highest BCUT2D eigenvalue weighted by Crippen LogP contribution is 2.11. The van der Waals surface area contributed by atoms with Crippen molar-refractivity contribution >= 4 is 34.7 Å². The van der Waals surface area contributed by atoms with E-state index in [9.17, 15) is 0 Å². The molecule has 3 rings (SSSR count). The lowest BCUT2D eigenvalue weighted by atomic mass is 10.2. The van der Waals surface area contributed by atoms with Gasteiger partial charge in [0.25, 0.3) is 0 Å². The second kappa shape index (κ2) is 5.67. The number of hydrazone groups is 1. The Morgan fingerprint density at radius 1 is 1.05 bits per heavy atom. The molecule has 0 atom stereocenters. The van der Waals surface area contributed by atoms with E-state index in [4.69, 9.17) is 11.6 Å². The van der Waals surface area contributed by atoms with E-state index in [0.29, 0.717) is 10.8 Å². The van der Waals surface area contributed by atoms with Gasteiger partial charge in [-0.1, -0.05) is 35.9 Å². The lowest BCUT2D eigenvalue weighted by Gasteiger charge is -2.01. The summed E-state index contributed by atoms with van der Waals surface area (Å²) >= 11 is 5.90. The zero-order valence-corrected chi connectivity index (χ0v) is 11.2. The Balaban J connectivity index is 1.76. The predicted molar refractivity (Wildman–Crippen MR) is 82.2 cm³/mol. The van der Waals surface area contributed by atoms with Crippen molar-refractivity contribution < 1.29 is 0 Å². The predicted octanol–water partition coefficient (Wildman–Crippen LogP) is 3.73. The minimum Gasteiger partial charge on any atom is -0.260 e. The maximum atomic E-state index is 5.90. The molecule has 4 nitrogen and oxygen atoms in total. The van der Waals surface area contributed by atoms with Gasteiger partial charge in [-0.15, -0.1) is 0 Å². The van der Waals surface area contributed by atoms with Gasteiger partial charge in [0.15, 0.2) is 5.82 Å². The monoisotopic (exact) mass is 282 g/mol. The Labute approximate surface area is 121 Å². The van der Waals surface area contributed by atoms with Crippen molar-refractivity contribution in [3.63, 3.8) is 0 Å². The van der Waals surface area contributed by atoms with Crippen molar-refractivity contribution in [2.24, 2.45) is 5.10 Å². The molecule has 0 radical (unpaired) electrons. The van der Waals surface area contributed by atoms with Crippen LogP contribution in [0.1, 0.15) is 5.56 Å². The van der Waals surface area contributed by atoms with Crippen LogP contribution in [0.15, 0.2) is 59.8 Å². The molecule has 0 saturated carbocycles. The molecule has 0 saturated heterocycles. The number of aromatic nitrogens is 2. The van der Waals surface area contributed by atoms with Crippen molar-refractivity contribution in [3.8, 4) is 0 Å². The Hall–Kier alpha value is -2.46. The van der Waals surface area contributed by atoms with Gasteiger partial charge >= 0.3 is 0 Å². The first-order chi connectivity index (χ1) is 9.81. The Kier molecular flexibility index (Phi) is 3.56. The minimum atomic E-state index is 0.599. The van der Waals surface area contributed by atoms with Crippen molar-refractivity contribution in [3.05, 3.63) is 65.3 Å². The van der Waals surface area contributed by atoms with Crippen LogP contribution in [0.2, 0.25) is 5.02 Å². The fraction of sp³-hybridized carbons (Fsp3) is 0. The first-order valence-corrected chi connectivity index (χ1v) is 6.45. The molecule has 1 heterocycles. The van der Waals surface area contributed by atoms with Gasteiger partial charge in [-0.25, -0.2) is 4.98 Å². The summed E-state index contributed by atoms with van der Waals surface area (Å²) in [6.07, 6.45) is 3.33. The first kappa shape index (κ1) is 12.6. The van der Waals surface area contributed by atoms with Crippen molar-refractivity contribution in [1.82, 2.24) is 9.97 Å². The molecular weight excluding hydrogens is 272 g/mol. The highest BCUT2D eigenvalue weighted by molar-refractivity contribution is 6.30. The van der Waals surface area contributed by atoms with Crippen molar-refractivity contribution in [2.75, 3.05) is 5.43 Å². The van der Waals surface area contributed by atoms with Crippen LogP contribution in [0.4, 0.5) is 5.82 Å². The molecule has 1 N–H and O–H groups in total. The Bertz CT molecular complexity index is 770. The first-order valence-electron chi connectivity index (χ1n) is 6.08. The summed E-state index contributed by atoms with van der Waals surface area (Å²) in [5.41, 5.74) is 5.46. The quantitative estimate of drug-likeness (QED) is 0.588. The summed E-state index contributed by atoms with van der Waals surface area (Å²) in [5.74, 6) is 0.599. The smallest absolute Gasteiger partial charge is 0.165 e. The molecule has 2 aromatic carbocycles. The number of nitrogens with one attached hydrogen (secondary N) is 1. The third-order valence-electron chi connectivity index (χ3n) is 2.69. The topological polar surface area (TPSA) is 50.2 Å². The second-order valence-electron chi connectivity index (χ2n) is 4.17. The van der Waals surface area contributed by atoms with E-state index in [2.05, 4.69) is 20.5 Å². The lowest BCUT2D eigenvalue weighted by Crippen LogP contribution is -1.95. The molecular formula is C15H11ClN4. The third kappa shape index (κ3) is 2.92. The van der Waals surface area contributed by atoms with Crippen LogP contribution < -0.4 is 5.43 Å². The molecule has 0 aliphatic rings. The zero-order chi connectivity index (χ0) is 13.8. The molecule has 0 aliphatic heterocycles. The van der Waals surface area contributed by atoms with Crippen LogP contribution in [-0.4, -0.2) is 16.2 Å². The third-order valence-corrected chi connectivity index (χ3v) is 2.93. The van der Waals surface area contributed by atoms with Gasteiger partial charge in [-0.3, -0.25) is 10.4 Å². The second-order valence-corrected chi connectivity index (χ2v) is 4.61. The van der Waals surface area contributed by atoms with E-state index in [-0.39, 0.29) is 0 Å². The molecule has 3 aromatic rings. The molecule has 0 aliphatic carbocycles. The molecule has 0 amide bonds. The van der Waals surface area contributed by atoms with Crippen LogP contribution in [0.25, 0.3) is 11.0 Å². The number of anilines is 1. The highest BCUT2D eigenvalue weighted by atomic mass is 35.5. The van der Waals surface area contributed by atoms with Crippen LogP contribution in [0, 0.1) is 0 Å². The minimum absolute atomic E-state index is 0.599. The fourth-order valence-electron chi connectivity index (χ4n) is 1.77. The van der Waals surface area contributed by atoms with Gasteiger partial charge < -0.3 is 0 Å². The summed E-state index contributed by atoms with van der Waals surface area (Å²) in [6, 6.07) is 15.1. The normalized spacial score (nSPS) is 11.1. The van der Waals surface area contributed by atoms with Crippen LogP contribution in [0.3, 0.4) is 0 Å². The molecule has 0 spiro atoms. The van der Waals surface area contributed by atoms with Crippen LogP contribution in [0.5, 0.6) is 0 Å². The number of benzene rings is 2. The SMILES string of the molecule is Clc1cccc(/C=N/Nc2cnc3ccccc3n2)c1. The average molecular weight is 283 g/mol. The van der Waals surface area contributed by atoms with Crippen molar-refractivity contribution in [2.45, 2.75) is 0 Å². The van der Waals surface area contributed by atoms with Crippen LogP contribution in [-0.2, 0) is 0 Å². The molecule has 0 bridgehead atoms. The van der Waals surface area contributed by atoms with Crippen molar-refractivity contribution in [1.29, 1.82) is 0 Å². The van der Waals surface area contributed by atoms with Gasteiger partial charge in [0.05, 0.1) is 23.4 Å². The van der Waals surface area contributed by atoms with E-state index in [1.165, 1.54) is 0 Å². The van der Waals surface area contributed by atoms with Gasteiger partial charge in [0, 0.05) is 5.02 Å². The summed E-state index contributed by atoms with van der Waals surface area (Å²) in [7, 11) is 0. The largest absolute Gasteiger partial charge is 0.260 e. The number of para-hydroxylation sites is 2. The number of hydrogen-bond donors (Lipinski definition) is 1. The Morgan fingerprint density at radius 2 is 1.90 bits per heavy atom. The molecule has 98 valence electrons. The maximum Gasteiger partial charge on any atom is 0.165 e. The van der Waals surface area contributed by atoms with E-state index in [1.54, 1.807) is 12.4 Å². The number of hydrogen-bond acceptors (Lipinski definition) is 4. The summed E-state index contributed by atoms with van der Waals surface area (Å²) < 4.78 is 0. The molecule has 5 heteroatoms. The van der Waals surface area contributed by atoms with Gasteiger partial charge in [-0.2, -0.15) is 5.10 Å². The van der Waals surface area contributed by atoms with E-state index >= 15 is 0 Å². The average Bonchev–Trinajstić information content (AvgIpc) is 2.47. The summed E-state index contributed by atoms with van der Waals surface area (Å²) in [5, 5.41) is 4.80. The fourth-order valence-corrected chi connectivity index (χ4v) is 1.97. The standard InChI is InChI=1S/C15H11ClN4/c16-12-5-3-4-11(8-12)9-18-20-15-10-17-13-6-1-2-7-14(13)19-15/h1-10H,(H,19,20)/b18-9+. The Morgan fingerprint density at radius 3 is 2.75 bits per heavy atom. The lowest BCUT2D eigenvalue weighted by molar-refractivity contribution is 1.22. The molecule has 20 heavy (non-hydrogen) atoms. The van der Waals surface area contributed by atoms with Crippen LogP contribution >= 0.6 is 11.6 Å². The number of fused-ring (bicyclic) bond motifs is 1. The molecule has 0 unspecified atom stereocenters.